The normalized spacial score (nSPS) is 10.3. The van der Waals surface area contributed by atoms with E-state index in [0.717, 1.165) is 43.2 Å². The lowest BCUT2D eigenvalue weighted by atomic mass is 10.2. The number of ether oxygens (including phenoxy) is 2. The molecule has 0 heterocycles. The topological polar surface area (TPSA) is 30.5 Å². The Balaban J connectivity index is 1.97. The third kappa shape index (κ3) is 4.99. The van der Waals surface area contributed by atoms with Crippen molar-refractivity contribution in [3.8, 4) is 11.5 Å². The first-order chi connectivity index (χ1) is 10.8. The fraction of sp³-hybridized carbons (Fsp3) is 0.368. The standard InChI is InChI=1S/C19H25NO2/c1-3-5-13-22-19-12-7-6-11-18(19)20-15-16-9-8-10-17(14-16)21-4-2/h6-12,14,20H,3-5,13,15H2,1-2H3. The molecule has 2 rings (SSSR count). The Kier molecular flexibility index (Phi) is 6.62. The summed E-state index contributed by atoms with van der Waals surface area (Å²) in [5.74, 6) is 1.83. The maximum atomic E-state index is 5.84. The summed E-state index contributed by atoms with van der Waals surface area (Å²) in [4.78, 5) is 0. The third-order valence-corrected chi connectivity index (χ3v) is 3.33. The van der Waals surface area contributed by atoms with Crippen molar-refractivity contribution in [2.24, 2.45) is 0 Å². The minimum absolute atomic E-state index is 0.685. The zero-order chi connectivity index (χ0) is 15.6. The van der Waals surface area contributed by atoms with Crippen molar-refractivity contribution in [3.63, 3.8) is 0 Å². The van der Waals surface area contributed by atoms with E-state index in [9.17, 15) is 0 Å². The second kappa shape index (κ2) is 8.98. The number of hydrogen-bond donors (Lipinski definition) is 1. The molecule has 22 heavy (non-hydrogen) atoms. The number of hydrogen-bond acceptors (Lipinski definition) is 3. The Labute approximate surface area is 133 Å². The molecule has 0 saturated heterocycles. The van der Waals surface area contributed by atoms with Gasteiger partial charge in [0.15, 0.2) is 0 Å². The lowest BCUT2D eigenvalue weighted by Crippen LogP contribution is -2.04. The summed E-state index contributed by atoms with van der Waals surface area (Å²) in [7, 11) is 0. The highest BCUT2D eigenvalue weighted by molar-refractivity contribution is 5.56. The molecular formula is C19H25NO2. The molecule has 2 aromatic carbocycles. The largest absolute Gasteiger partial charge is 0.494 e. The number of anilines is 1. The zero-order valence-electron chi connectivity index (χ0n) is 13.5. The molecule has 2 aromatic rings. The van der Waals surface area contributed by atoms with Crippen LogP contribution in [-0.2, 0) is 6.54 Å². The van der Waals surface area contributed by atoms with Gasteiger partial charge < -0.3 is 14.8 Å². The van der Waals surface area contributed by atoms with Gasteiger partial charge in [-0.05, 0) is 43.2 Å². The van der Waals surface area contributed by atoms with Crippen molar-refractivity contribution in [2.75, 3.05) is 18.5 Å². The van der Waals surface area contributed by atoms with Crippen LogP contribution in [-0.4, -0.2) is 13.2 Å². The number of unbranched alkanes of at least 4 members (excludes halogenated alkanes) is 1. The van der Waals surface area contributed by atoms with E-state index in [1.807, 2.05) is 43.3 Å². The van der Waals surface area contributed by atoms with Gasteiger partial charge in [-0.2, -0.15) is 0 Å². The predicted molar refractivity (Wildman–Crippen MR) is 91.8 cm³/mol. The van der Waals surface area contributed by atoms with Crippen LogP contribution >= 0.6 is 0 Å². The summed E-state index contributed by atoms with van der Waals surface area (Å²) >= 11 is 0. The lowest BCUT2D eigenvalue weighted by molar-refractivity contribution is 0.310. The Bertz CT molecular complexity index is 569. The molecule has 0 aromatic heterocycles. The van der Waals surface area contributed by atoms with Gasteiger partial charge in [-0.25, -0.2) is 0 Å². The average molecular weight is 299 g/mol. The maximum Gasteiger partial charge on any atom is 0.142 e. The summed E-state index contributed by atoms with van der Waals surface area (Å²) in [5.41, 5.74) is 2.22. The summed E-state index contributed by atoms with van der Waals surface area (Å²) in [5, 5.41) is 3.45. The van der Waals surface area contributed by atoms with Crippen molar-refractivity contribution >= 4 is 5.69 Å². The van der Waals surface area contributed by atoms with Gasteiger partial charge >= 0.3 is 0 Å². The highest BCUT2D eigenvalue weighted by Gasteiger charge is 2.03. The van der Waals surface area contributed by atoms with Gasteiger partial charge in [0.2, 0.25) is 0 Å². The van der Waals surface area contributed by atoms with Gasteiger partial charge in [-0.3, -0.25) is 0 Å². The Morgan fingerprint density at radius 3 is 2.64 bits per heavy atom. The van der Waals surface area contributed by atoms with E-state index >= 15 is 0 Å². The molecule has 0 fully saturated rings. The Morgan fingerprint density at radius 2 is 1.82 bits per heavy atom. The smallest absolute Gasteiger partial charge is 0.142 e. The molecule has 0 aliphatic heterocycles. The molecule has 0 bridgehead atoms. The summed E-state index contributed by atoms with van der Waals surface area (Å²) in [6.07, 6.45) is 2.21. The minimum atomic E-state index is 0.685. The van der Waals surface area contributed by atoms with Crippen molar-refractivity contribution in [2.45, 2.75) is 33.2 Å². The lowest BCUT2D eigenvalue weighted by Gasteiger charge is -2.13. The van der Waals surface area contributed by atoms with E-state index in [2.05, 4.69) is 24.4 Å². The number of nitrogens with one attached hydrogen (secondary N) is 1. The van der Waals surface area contributed by atoms with Crippen molar-refractivity contribution in [1.29, 1.82) is 0 Å². The van der Waals surface area contributed by atoms with E-state index in [0.29, 0.717) is 6.61 Å². The molecule has 0 spiro atoms. The van der Waals surface area contributed by atoms with Crippen LogP contribution in [0.2, 0.25) is 0 Å². The van der Waals surface area contributed by atoms with Crippen LogP contribution in [0.15, 0.2) is 48.5 Å². The van der Waals surface area contributed by atoms with Crippen LogP contribution in [0.25, 0.3) is 0 Å². The monoisotopic (exact) mass is 299 g/mol. The van der Waals surface area contributed by atoms with Gasteiger partial charge in [-0.1, -0.05) is 37.6 Å². The van der Waals surface area contributed by atoms with E-state index in [4.69, 9.17) is 9.47 Å². The van der Waals surface area contributed by atoms with Crippen molar-refractivity contribution in [3.05, 3.63) is 54.1 Å². The SMILES string of the molecule is CCCCOc1ccccc1NCc1cccc(OCC)c1. The fourth-order valence-corrected chi connectivity index (χ4v) is 2.17. The van der Waals surface area contributed by atoms with Gasteiger partial charge in [0.25, 0.3) is 0 Å². The molecule has 0 radical (unpaired) electrons. The quantitative estimate of drug-likeness (QED) is 0.670. The molecule has 0 atom stereocenters. The van der Waals surface area contributed by atoms with E-state index < -0.39 is 0 Å². The Morgan fingerprint density at radius 1 is 0.955 bits per heavy atom. The maximum absolute atomic E-state index is 5.84. The number of rotatable bonds is 9. The minimum Gasteiger partial charge on any atom is -0.494 e. The Hall–Kier alpha value is -2.16. The second-order valence-electron chi connectivity index (χ2n) is 5.13. The van der Waals surface area contributed by atoms with E-state index in [1.54, 1.807) is 0 Å². The number of benzene rings is 2. The van der Waals surface area contributed by atoms with Gasteiger partial charge in [0.1, 0.15) is 11.5 Å². The van der Waals surface area contributed by atoms with E-state index in [-0.39, 0.29) is 0 Å². The molecule has 0 saturated carbocycles. The van der Waals surface area contributed by atoms with Crippen molar-refractivity contribution in [1.82, 2.24) is 0 Å². The summed E-state index contributed by atoms with van der Waals surface area (Å²) in [6.45, 7) is 6.35. The molecule has 3 heteroatoms. The highest BCUT2D eigenvalue weighted by atomic mass is 16.5. The first kappa shape index (κ1) is 16.2. The molecular weight excluding hydrogens is 274 g/mol. The van der Waals surface area contributed by atoms with Gasteiger partial charge in [0, 0.05) is 6.54 Å². The zero-order valence-corrected chi connectivity index (χ0v) is 13.5. The molecule has 118 valence electrons. The highest BCUT2D eigenvalue weighted by Crippen LogP contribution is 2.25. The summed E-state index contributed by atoms with van der Waals surface area (Å²) < 4.78 is 11.4. The van der Waals surface area contributed by atoms with Crippen LogP contribution < -0.4 is 14.8 Å². The average Bonchev–Trinajstić information content (AvgIpc) is 2.55. The number of para-hydroxylation sites is 2. The van der Waals surface area contributed by atoms with Crippen LogP contribution in [0.1, 0.15) is 32.3 Å². The second-order valence-corrected chi connectivity index (χ2v) is 5.13. The first-order valence-corrected chi connectivity index (χ1v) is 8.01. The fourth-order valence-electron chi connectivity index (χ4n) is 2.17. The first-order valence-electron chi connectivity index (χ1n) is 8.01. The molecule has 1 N–H and O–H groups in total. The molecule has 0 aliphatic rings. The van der Waals surface area contributed by atoms with Crippen molar-refractivity contribution < 1.29 is 9.47 Å². The van der Waals surface area contributed by atoms with Crippen LogP contribution in [0.3, 0.4) is 0 Å². The third-order valence-electron chi connectivity index (χ3n) is 3.33. The molecule has 0 aliphatic carbocycles. The van der Waals surface area contributed by atoms with Gasteiger partial charge in [-0.15, -0.1) is 0 Å². The molecule has 3 nitrogen and oxygen atoms in total. The van der Waals surface area contributed by atoms with Crippen LogP contribution in [0.4, 0.5) is 5.69 Å². The predicted octanol–water partition coefficient (Wildman–Crippen LogP) is 4.88. The molecule has 0 unspecified atom stereocenters. The van der Waals surface area contributed by atoms with Crippen LogP contribution in [0, 0.1) is 0 Å². The van der Waals surface area contributed by atoms with Gasteiger partial charge in [0.05, 0.1) is 18.9 Å². The summed E-state index contributed by atoms with van der Waals surface area (Å²) in [6, 6.07) is 16.2. The molecule has 0 amide bonds. The van der Waals surface area contributed by atoms with Crippen LogP contribution in [0.5, 0.6) is 11.5 Å². The van der Waals surface area contributed by atoms with E-state index in [1.165, 1.54) is 5.56 Å².